The molecule has 0 unspecified atom stereocenters. The van der Waals surface area contributed by atoms with Gasteiger partial charge in [0.2, 0.25) is 0 Å². The van der Waals surface area contributed by atoms with E-state index in [1.807, 2.05) is 12.1 Å². The number of nitrogens with two attached hydrogens (primary N) is 1. The van der Waals surface area contributed by atoms with E-state index in [0.29, 0.717) is 0 Å². The summed E-state index contributed by atoms with van der Waals surface area (Å²) in [6, 6.07) is 9.16. The molecule has 0 spiro atoms. The number of nitrogens with zero attached hydrogens (tertiary/aromatic N) is 1. The van der Waals surface area contributed by atoms with Gasteiger partial charge >= 0.3 is 0 Å². The minimum absolute atomic E-state index is 0.808. The summed E-state index contributed by atoms with van der Waals surface area (Å²) in [7, 11) is 2.32. The van der Waals surface area contributed by atoms with Crippen molar-refractivity contribution in [1.29, 1.82) is 0 Å². The van der Waals surface area contributed by atoms with Gasteiger partial charge in [0.1, 0.15) is 0 Å². The first-order valence-corrected chi connectivity index (χ1v) is 8.24. The first kappa shape index (κ1) is 12.7. The van der Waals surface area contributed by atoms with Gasteiger partial charge in [0.15, 0.2) is 0 Å². The third-order valence-corrected chi connectivity index (χ3v) is 6.16. The van der Waals surface area contributed by atoms with E-state index < -0.39 is 0 Å². The van der Waals surface area contributed by atoms with E-state index in [0.717, 1.165) is 41.9 Å². The molecular formula is C18H26N2. The minimum Gasteiger partial charge on any atom is -0.398 e. The van der Waals surface area contributed by atoms with E-state index in [4.69, 9.17) is 5.73 Å². The maximum atomic E-state index is 6.12. The zero-order chi connectivity index (χ0) is 13.7. The second kappa shape index (κ2) is 4.77. The van der Waals surface area contributed by atoms with Crippen LogP contribution in [0.4, 0.5) is 5.69 Å². The highest BCUT2D eigenvalue weighted by molar-refractivity contribution is 5.46. The Morgan fingerprint density at radius 1 is 1.00 bits per heavy atom. The lowest BCUT2D eigenvalue weighted by Crippen LogP contribution is -2.54. The Morgan fingerprint density at radius 2 is 1.60 bits per heavy atom. The number of hydrogen-bond donors (Lipinski definition) is 1. The van der Waals surface area contributed by atoms with Crippen molar-refractivity contribution in [2.45, 2.75) is 44.7 Å². The lowest BCUT2D eigenvalue weighted by Gasteiger charge is -2.56. The molecule has 0 amide bonds. The molecule has 108 valence electrons. The summed E-state index contributed by atoms with van der Waals surface area (Å²) in [5, 5.41) is 0. The number of para-hydroxylation sites is 1. The van der Waals surface area contributed by atoms with Crippen LogP contribution in [0.5, 0.6) is 0 Å². The molecule has 1 aromatic carbocycles. The molecule has 4 bridgehead atoms. The summed E-state index contributed by atoms with van der Waals surface area (Å²) >= 11 is 0. The highest BCUT2D eigenvalue weighted by Crippen LogP contribution is 2.55. The van der Waals surface area contributed by atoms with Gasteiger partial charge in [-0.3, -0.25) is 4.90 Å². The van der Waals surface area contributed by atoms with E-state index in [1.54, 1.807) is 0 Å². The fourth-order valence-electron chi connectivity index (χ4n) is 5.67. The summed E-state index contributed by atoms with van der Waals surface area (Å²) in [5.41, 5.74) is 8.36. The van der Waals surface area contributed by atoms with Crippen LogP contribution >= 0.6 is 0 Å². The van der Waals surface area contributed by atoms with Gasteiger partial charge in [-0.05, 0) is 74.5 Å². The Balaban J connectivity index is 1.51. The molecule has 0 aromatic heterocycles. The van der Waals surface area contributed by atoms with Gasteiger partial charge in [0.05, 0.1) is 0 Å². The van der Waals surface area contributed by atoms with Crippen LogP contribution in [0.3, 0.4) is 0 Å². The molecule has 4 fully saturated rings. The summed E-state index contributed by atoms with van der Waals surface area (Å²) in [5.74, 6) is 4.04. The quantitative estimate of drug-likeness (QED) is 0.851. The van der Waals surface area contributed by atoms with Crippen LogP contribution in [0.15, 0.2) is 24.3 Å². The van der Waals surface area contributed by atoms with Crippen LogP contribution in [-0.4, -0.2) is 18.0 Å². The van der Waals surface area contributed by atoms with Crippen molar-refractivity contribution in [3.05, 3.63) is 29.8 Å². The van der Waals surface area contributed by atoms with Gasteiger partial charge < -0.3 is 5.73 Å². The Morgan fingerprint density at radius 3 is 2.20 bits per heavy atom. The fraction of sp³-hybridized carbons (Fsp3) is 0.667. The molecule has 4 saturated carbocycles. The number of benzene rings is 1. The van der Waals surface area contributed by atoms with Gasteiger partial charge in [-0.15, -0.1) is 0 Å². The maximum Gasteiger partial charge on any atom is 0.0359 e. The van der Waals surface area contributed by atoms with Crippen molar-refractivity contribution in [1.82, 2.24) is 4.90 Å². The molecular weight excluding hydrogens is 244 g/mol. The molecule has 2 nitrogen and oxygen atoms in total. The highest BCUT2D eigenvalue weighted by atomic mass is 15.1. The van der Waals surface area contributed by atoms with Crippen molar-refractivity contribution in [3.63, 3.8) is 0 Å². The Hall–Kier alpha value is -1.02. The van der Waals surface area contributed by atoms with Crippen LogP contribution in [0.25, 0.3) is 0 Å². The van der Waals surface area contributed by atoms with Crippen LogP contribution in [0.2, 0.25) is 0 Å². The first-order chi connectivity index (χ1) is 9.70. The molecule has 4 aliphatic rings. The van der Waals surface area contributed by atoms with Crippen molar-refractivity contribution in [2.75, 3.05) is 12.8 Å². The van der Waals surface area contributed by atoms with E-state index in [1.165, 1.54) is 37.7 Å². The Bertz CT molecular complexity index is 468. The first-order valence-electron chi connectivity index (χ1n) is 8.24. The molecule has 0 aliphatic heterocycles. The third-order valence-electron chi connectivity index (χ3n) is 6.16. The number of nitrogen functional groups attached to an aromatic ring is 1. The second-order valence-corrected chi connectivity index (χ2v) is 7.54. The standard InChI is InChI=1S/C18H26N2/c1-20(11-14-4-2-3-5-17(14)19)18-15-7-12-6-13(9-15)10-16(18)8-12/h2-5,12-13,15-16,18H,6-11,19H2,1H3. The molecule has 0 atom stereocenters. The molecule has 1 aromatic rings. The summed E-state index contributed by atoms with van der Waals surface area (Å²) in [4.78, 5) is 2.61. The molecule has 2 N–H and O–H groups in total. The summed E-state index contributed by atoms with van der Waals surface area (Å²) in [6.45, 7) is 1.01. The van der Waals surface area contributed by atoms with Crippen LogP contribution in [0.1, 0.15) is 37.7 Å². The Labute approximate surface area is 122 Å². The fourth-order valence-corrected chi connectivity index (χ4v) is 5.67. The van der Waals surface area contributed by atoms with Crippen molar-refractivity contribution in [2.24, 2.45) is 23.7 Å². The normalized spacial score (nSPS) is 38.6. The monoisotopic (exact) mass is 270 g/mol. The van der Waals surface area contributed by atoms with Crippen molar-refractivity contribution < 1.29 is 0 Å². The minimum atomic E-state index is 0.808. The van der Waals surface area contributed by atoms with Crippen LogP contribution in [0, 0.1) is 23.7 Å². The molecule has 0 saturated heterocycles. The van der Waals surface area contributed by atoms with E-state index >= 15 is 0 Å². The molecule has 20 heavy (non-hydrogen) atoms. The average molecular weight is 270 g/mol. The smallest absolute Gasteiger partial charge is 0.0359 e. The van der Waals surface area contributed by atoms with Crippen molar-refractivity contribution >= 4 is 5.69 Å². The number of anilines is 1. The largest absolute Gasteiger partial charge is 0.398 e. The topological polar surface area (TPSA) is 29.3 Å². The zero-order valence-corrected chi connectivity index (χ0v) is 12.5. The lowest BCUT2D eigenvalue weighted by atomic mass is 9.54. The van der Waals surface area contributed by atoms with Crippen LogP contribution < -0.4 is 5.73 Å². The predicted octanol–water partition coefficient (Wildman–Crippen LogP) is 3.53. The van der Waals surface area contributed by atoms with Gasteiger partial charge in [-0.1, -0.05) is 18.2 Å². The van der Waals surface area contributed by atoms with Crippen molar-refractivity contribution in [3.8, 4) is 0 Å². The second-order valence-electron chi connectivity index (χ2n) is 7.54. The lowest BCUT2D eigenvalue weighted by molar-refractivity contribution is -0.0597. The summed E-state index contributed by atoms with van der Waals surface area (Å²) in [6.07, 6.45) is 7.51. The number of hydrogen-bond acceptors (Lipinski definition) is 2. The van der Waals surface area contributed by atoms with Gasteiger partial charge in [0.25, 0.3) is 0 Å². The molecule has 2 heteroatoms. The van der Waals surface area contributed by atoms with E-state index in [9.17, 15) is 0 Å². The number of rotatable bonds is 3. The van der Waals surface area contributed by atoms with Gasteiger partial charge in [0, 0.05) is 18.3 Å². The van der Waals surface area contributed by atoms with Crippen LogP contribution in [-0.2, 0) is 6.54 Å². The van der Waals surface area contributed by atoms with E-state index in [-0.39, 0.29) is 0 Å². The molecule has 0 radical (unpaired) electrons. The average Bonchev–Trinajstić information content (AvgIpc) is 2.40. The molecule has 0 heterocycles. The maximum absolute atomic E-state index is 6.12. The van der Waals surface area contributed by atoms with Gasteiger partial charge in [-0.25, -0.2) is 0 Å². The van der Waals surface area contributed by atoms with E-state index in [2.05, 4.69) is 24.1 Å². The molecule has 4 aliphatic carbocycles. The Kier molecular flexibility index (Phi) is 3.03. The molecule has 5 rings (SSSR count). The third kappa shape index (κ3) is 2.05. The SMILES string of the molecule is CN(Cc1ccccc1N)C1C2CC3CC(C2)CC1C3. The predicted molar refractivity (Wildman–Crippen MR) is 83.2 cm³/mol. The summed E-state index contributed by atoms with van der Waals surface area (Å²) < 4.78 is 0. The highest BCUT2D eigenvalue weighted by Gasteiger charge is 2.49. The van der Waals surface area contributed by atoms with Gasteiger partial charge in [-0.2, -0.15) is 0 Å². The zero-order valence-electron chi connectivity index (χ0n) is 12.5.